The maximum absolute atomic E-state index is 13.4. The third kappa shape index (κ3) is 8.58. The lowest BCUT2D eigenvalue weighted by Crippen LogP contribution is -2.30. The van der Waals surface area contributed by atoms with Crippen LogP contribution in [0.15, 0.2) is 114 Å². The van der Waals surface area contributed by atoms with E-state index in [9.17, 15) is 14.4 Å². The fourth-order valence-corrected chi connectivity index (χ4v) is 4.84. The van der Waals surface area contributed by atoms with Crippen molar-refractivity contribution in [2.75, 3.05) is 17.7 Å². The van der Waals surface area contributed by atoms with E-state index in [1.807, 2.05) is 62.4 Å². The van der Waals surface area contributed by atoms with Gasteiger partial charge in [-0.05, 0) is 68.0 Å². The lowest BCUT2D eigenvalue weighted by Gasteiger charge is -2.14. The number of benzene rings is 4. The molecule has 0 aromatic heterocycles. The quantitative estimate of drug-likeness (QED) is 0.150. The minimum atomic E-state index is -0.471. The van der Waals surface area contributed by atoms with E-state index in [2.05, 4.69) is 16.0 Å². The van der Waals surface area contributed by atoms with Crippen molar-refractivity contribution in [1.29, 1.82) is 0 Å². The summed E-state index contributed by atoms with van der Waals surface area (Å²) < 4.78 is 5.22. The van der Waals surface area contributed by atoms with Crippen molar-refractivity contribution in [3.63, 3.8) is 0 Å². The predicted octanol–water partition coefficient (Wildman–Crippen LogP) is 6.53. The molecule has 0 spiro atoms. The van der Waals surface area contributed by atoms with Gasteiger partial charge in [0.2, 0.25) is 5.91 Å². The van der Waals surface area contributed by atoms with Gasteiger partial charge in [0.15, 0.2) is 0 Å². The van der Waals surface area contributed by atoms with Crippen molar-refractivity contribution in [2.24, 2.45) is 0 Å². The van der Waals surface area contributed by atoms with E-state index < -0.39 is 11.2 Å². The molecule has 0 aliphatic rings. The van der Waals surface area contributed by atoms with Crippen LogP contribution in [0.5, 0.6) is 5.75 Å². The van der Waals surface area contributed by atoms with Crippen LogP contribution < -0.4 is 20.7 Å². The average Bonchev–Trinajstić information content (AvgIpc) is 2.97. The van der Waals surface area contributed by atoms with Gasteiger partial charge in [-0.2, -0.15) is 0 Å². The standard InChI is InChI=1S/C33H31N3O4S/c1-22-10-7-11-24(18-22)19-30(36-32(38)25-12-5-4-6-13-25)33(39)35-27-15-9-17-29(21-27)41-23(2)31(37)34-26-14-8-16-28(20-26)40-3/h4-21,23H,1-3H3,(H,34,37)(H,35,39)(H,36,38)/b30-19+. The van der Waals surface area contributed by atoms with Crippen molar-refractivity contribution in [2.45, 2.75) is 24.0 Å². The smallest absolute Gasteiger partial charge is 0.272 e. The summed E-state index contributed by atoms with van der Waals surface area (Å²) in [7, 11) is 1.57. The first-order valence-corrected chi connectivity index (χ1v) is 13.9. The van der Waals surface area contributed by atoms with Gasteiger partial charge in [-0.3, -0.25) is 14.4 Å². The molecule has 8 heteroatoms. The molecule has 3 amide bonds. The molecule has 0 aliphatic carbocycles. The van der Waals surface area contributed by atoms with Crippen LogP contribution in [0.25, 0.3) is 6.08 Å². The number of methoxy groups -OCH3 is 1. The topological polar surface area (TPSA) is 96.5 Å². The number of ether oxygens (including phenoxy) is 1. The number of carbonyl (C=O) groups is 3. The van der Waals surface area contributed by atoms with Crippen LogP contribution in [0.1, 0.15) is 28.4 Å². The van der Waals surface area contributed by atoms with Gasteiger partial charge in [0, 0.05) is 27.9 Å². The van der Waals surface area contributed by atoms with Crippen molar-refractivity contribution in [1.82, 2.24) is 5.32 Å². The average molecular weight is 566 g/mol. The summed E-state index contributed by atoms with van der Waals surface area (Å²) in [5.74, 6) is -0.367. The van der Waals surface area contributed by atoms with E-state index in [0.29, 0.717) is 22.7 Å². The van der Waals surface area contributed by atoms with Crippen molar-refractivity contribution >= 4 is 46.9 Å². The number of hydrogen-bond acceptors (Lipinski definition) is 5. The Balaban J connectivity index is 1.47. The van der Waals surface area contributed by atoms with Crippen molar-refractivity contribution < 1.29 is 19.1 Å². The fourth-order valence-electron chi connectivity index (χ4n) is 3.92. The number of hydrogen-bond donors (Lipinski definition) is 3. The summed E-state index contributed by atoms with van der Waals surface area (Å²) in [6, 6.07) is 30.8. The van der Waals surface area contributed by atoms with Gasteiger partial charge in [-0.25, -0.2) is 0 Å². The van der Waals surface area contributed by atoms with Gasteiger partial charge in [0.05, 0.1) is 12.4 Å². The SMILES string of the molecule is COc1cccc(NC(=O)C(C)Sc2cccc(NC(=O)/C(=C\c3cccc(C)c3)NC(=O)c3ccccc3)c2)c1. The second-order valence-electron chi connectivity index (χ2n) is 9.26. The third-order valence-corrected chi connectivity index (χ3v) is 7.09. The van der Waals surface area contributed by atoms with Crippen LogP contribution in [0.3, 0.4) is 0 Å². The number of aryl methyl sites for hydroxylation is 1. The number of thioether (sulfide) groups is 1. The zero-order valence-corrected chi connectivity index (χ0v) is 23.8. The Morgan fingerprint density at radius 1 is 0.805 bits per heavy atom. The van der Waals surface area contributed by atoms with Gasteiger partial charge in [-0.1, -0.05) is 60.2 Å². The number of carbonyl (C=O) groups excluding carboxylic acids is 3. The highest BCUT2D eigenvalue weighted by Crippen LogP contribution is 2.27. The zero-order chi connectivity index (χ0) is 29.2. The molecule has 1 unspecified atom stereocenters. The highest BCUT2D eigenvalue weighted by atomic mass is 32.2. The summed E-state index contributed by atoms with van der Waals surface area (Å²) in [4.78, 5) is 39.9. The zero-order valence-electron chi connectivity index (χ0n) is 23.0. The molecule has 208 valence electrons. The second-order valence-corrected chi connectivity index (χ2v) is 10.7. The van der Waals surface area contributed by atoms with E-state index in [0.717, 1.165) is 16.0 Å². The minimum Gasteiger partial charge on any atom is -0.497 e. The number of amides is 3. The molecule has 0 saturated heterocycles. The first-order valence-electron chi connectivity index (χ1n) is 13.0. The van der Waals surface area contributed by atoms with Gasteiger partial charge in [0.1, 0.15) is 11.4 Å². The summed E-state index contributed by atoms with van der Waals surface area (Å²) in [6.45, 7) is 3.77. The molecule has 41 heavy (non-hydrogen) atoms. The summed E-state index contributed by atoms with van der Waals surface area (Å²) in [6.07, 6.45) is 1.65. The molecule has 0 heterocycles. The largest absolute Gasteiger partial charge is 0.497 e. The minimum absolute atomic E-state index is 0.105. The lowest BCUT2D eigenvalue weighted by atomic mass is 10.1. The first-order chi connectivity index (χ1) is 19.8. The van der Waals surface area contributed by atoms with E-state index in [4.69, 9.17) is 4.74 Å². The van der Waals surface area contributed by atoms with Crippen LogP contribution in [-0.4, -0.2) is 30.1 Å². The molecule has 0 fully saturated rings. The van der Waals surface area contributed by atoms with E-state index in [-0.39, 0.29) is 17.5 Å². The Bertz CT molecular complexity index is 1570. The Kier molecular flexibility index (Phi) is 9.96. The molecule has 4 rings (SSSR count). The monoisotopic (exact) mass is 565 g/mol. The first kappa shape index (κ1) is 29.2. The summed E-state index contributed by atoms with van der Waals surface area (Å²) in [5, 5.41) is 8.13. The van der Waals surface area contributed by atoms with E-state index in [1.165, 1.54) is 11.8 Å². The van der Waals surface area contributed by atoms with Gasteiger partial charge >= 0.3 is 0 Å². The Labute approximate surface area is 244 Å². The molecule has 7 nitrogen and oxygen atoms in total. The highest BCUT2D eigenvalue weighted by molar-refractivity contribution is 8.00. The molecule has 3 N–H and O–H groups in total. The highest BCUT2D eigenvalue weighted by Gasteiger charge is 2.17. The molecule has 0 bridgehead atoms. The summed E-state index contributed by atoms with van der Waals surface area (Å²) >= 11 is 1.36. The number of nitrogens with one attached hydrogen (secondary N) is 3. The van der Waals surface area contributed by atoms with Gasteiger partial charge in [-0.15, -0.1) is 11.8 Å². The van der Waals surface area contributed by atoms with Crippen molar-refractivity contribution in [3.8, 4) is 5.75 Å². The number of rotatable bonds is 10. The van der Waals surface area contributed by atoms with Crippen molar-refractivity contribution in [3.05, 3.63) is 126 Å². The summed E-state index contributed by atoms with van der Waals surface area (Å²) in [5.41, 5.74) is 3.53. The lowest BCUT2D eigenvalue weighted by molar-refractivity contribution is -0.115. The molecule has 0 saturated carbocycles. The van der Waals surface area contributed by atoms with Gasteiger partial charge in [0.25, 0.3) is 11.8 Å². The predicted molar refractivity (Wildman–Crippen MR) is 165 cm³/mol. The third-order valence-electron chi connectivity index (χ3n) is 5.99. The van der Waals surface area contributed by atoms with Crippen LogP contribution >= 0.6 is 11.8 Å². The fraction of sp³-hybridized carbons (Fsp3) is 0.121. The van der Waals surface area contributed by atoms with Crippen LogP contribution in [0.4, 0.5) is 11.4 Å². The van der Waals surface area contributed by atoms with E-state index in [1.54, 1.807) is 67.8 Å². The van der Waals surface area contributed by atoms with Crippen LogP contribution in [0.2, 0.25) is 0 Å². The number of anilines is 2. The Hall–Kier alpha value is -4.82. The normalized spacial score (nSPS) is 11.7. The molecule has 0 aliphatic heterocycles. The van der Waals surface area contributed by atoms with Crippen LogP contribution in [-0.2, 0) is 9.59 Å². The molecule has 0 radical (unpaired) electrons. The Morgan fingerprint density at radius 2 is 1.51 bits per heavy atom. The van der Waals surface area contributed by atoms with E-state index >= 15 is 0 Å². The van der Waals surface area contributed by atoms with Gasteiger partial charge < -0.3 is 20.7 Å². The molecular formula is C33H31N3O4S. The van der Waals surface area contributed by atoms with Crippen LogP contribution in [0, 0.1) is 6.92 Å². The maximum Gasteiger partial charge on any atom is 0.272 e. The maximum atomic E-state index is 13.4. The molecule has 4 aromatic rings. The molecular weight excluding hydrogens is 534 g/mol. The molecule has 1 atom stereocenters. The molecule has 4 aromatic carbocycles. The second kappa shape index (κ2) is 14.0. The Morgan fingerprint density at radius 3 is 2.24 bits per heavy atom.